The highest BCUT2D eigenvalue weighted by atomic mass is 32.2. The molecule has 1 aromatic heterocycles. The molecule has 1 aliphatic heterocycles. The number of carbonyl (C=O) groups is 1. The largest absolute Gasteiger partial charge is 0.462 e. The van der Waals surface area contributed by atoms with E-state index in [-0.39, 0.29) is 17.5 Å². The molecule has 3 rings (SSSR count). The number of rotatable bonds is 5. The zero-order chi connectivity index (χ0) is 18.0. The fourth-order valence-corrected chi connectivity index (χ4v) is 5.81. The van der Waals surface area contributed by atoms with Crippen LogP contribution >= 0.6 is 11.3 Å². The number of hydrogen-bond acceptors (Lipinski definition) is 5. The maximum absolute atomic E-state index is 13.1. The van der Waals surface area contributed by atoms with Gasteiger partial charge in [-0.15, -0.1) is 11.3 Å². The van der Waals surface area contributed by atoms with E-state index in [1.165, 1.54) is 29.1 Å². The van der Waals surface area contributed by atoms with Crippen molar-refractivity contribution in [2.24, 2.45) is 0 Å². The topological polar surface area (TPSA) is 63.7 Å². The highest BCUT2D eigenvalue weighted by Gasteiger charge is 2.35. The number of thiophene rings is 1. The molecule has 1 atom stereocenters. The normalized spacial score (nSPS) is 17.9. The number of esters is 1. The van der Waals surface area contributed by atoms with Crippen molar-refractivity contribution < 1.29 is 17.9 Å². The Labute approximate surface area is 152 Å². The van der Waals surface area contributed by atoms with Crippen LogP contribution in [0.3, 0.4) is 0 Å². The van der Waals surface area contributed by atoms with E-state index in [9.17, 15) is 13.2 Å². The fourth-order valence-electron chi connectivity index (χ4n) is 3.20. The lowest BCUT2D eigenvalue weighted by Gasteiger charge is -2.34. The van der Waals surface area contributed by atoms with Gasteiger partial charge in [-0.3, -0.25) is 0 Å². The minimum atomic E-state index is -3.61. The van der Waals surface area contributed by atoms with Gasteiger partial charge in [-0.05, 0) is 61.0 Å². The zero-order valence-electron chi connectivity index (χ0n) is 14.3. The smallest absolute Gasteiger partial charge is 0.338 e. The van der Waals surface area contributed by atoms with Gasteiger partial charge in [0.25, 0.3) is 0 Å². The molecule has 25 heavy (non-hydrogen) atoms. The standard InChI is InChI=1S/C18H21NO4S2/c1-3-16-15-10-12-24-17(15)9-11-19(16)25(21,22)14-7-5-13(6-8-14)18(20)23-4-2/h5-8,10,12,16H,3-4,9,11H2,1-2H3. The molecule has 1 aliphatic rings. The van der Waals surface area contributed by atoms with Crippen LogP contribution < -0.4 is 0 Å². The minimum Gasteiger partial charge on any atom is -0.462 e. The van der Waals surface area contributed by atoms with Gasteiger partial charge in [-0.1, -0.05) is 6.92 Å². The molecule has 0 saturated carbocycles. The van der Waals surface area contributed by atoms with Gasteiger partial charge in [0.1, 0.15) is 0 Å². The van der Waals surface area contributed by atoms with E-state index in [1.54, 1.807) is 22.6 Å². The molecule has 0 aliphatic carbocycles. The van der Waals surface area contributed by atoms with E-state index < -0.39 is 16.0 Å². The minimum absolute atomic E-state index is 0.135. The monoisotopic (exact) mass is 379 g/mol. The van der Waals surface area contributed by atoms with E-state index in [4.69, 9.17) is 4.74 Å². The Morgan fingerprint density at radius 3 is 2.60 bits per heavy atom. The second-order valence-corrected chi connectivity index (χ2v) is 8.72. The Balaban J connectivity index is 1.90. The third-order valence-electron chi connectivity index (χ3n) is 4.40. The van der Waals surface area contributed by atoms with Crippen LogP contribution in [0.1, 0.15) is 47.1 Å². The Kier molecular flexibility index (Phi) is 5.27. The predicted octanol–water partition coefficient (Wildman–Crippen LogP) is 3.62. The number of ether oxygens (including phenoxy) is 1. The Morgan fingerprint density at radius 2 is 1.96 bits per heavy atom. The molecule has 1 unspecified atom stereocenters. The number of benzene rings is 1. The SMILES string of the molecule is CCOC(=O)c1ccc(S(=O)(=O)N2CCc3sccc3C2CC)cc1. The van der Waals surface area contributed by atoms with Crippen LogP contribution in [-0.4, -0.2) is 31.8 Å². The third kappa shape index (κ3) is 3.36. The predicted molar refractivity (Wildman–Crippen MR) is 97.3 cm³/mol. The molecule has 0 saturated heterocycles. The summed E-state index contributed by atoms with van der Waals surface area (Å²) in [6.45, 7) is 4.50. The number of fused-ring (bicyclic) bond motifs is 1. The van der Waals surface area contributed by atoms with Gasteiger partial charge in [0.2, 0.25) is 10.0 Å². The molecule has 0 bridgehead atoms. The molecule has 0 N–H and O–H groups in total. The lowest BCUT2D eigenvalue weighted by Crippen LogP contribution is -2.39. The molecule has 7 heteroatoms. The molecule has 2 aromatic rings. The highest BCUT2D eigenvalue weighted by molar-refractivity contribution is 7.89. The Bertz CT molecular complexity index is 855. The van der Waals surface area contributed by atoms with Gasteiger partial charge in [0.05, 0.1) is 23.1 Å². The van der Waals surface area contributed by atoms with Crippen LogP contribution in [0.5, 0.6) is 0 Å². The van der Waals surface area contributed by atoms with E-state index in [0.717, 1.165) is 18.4 Å². The van der Waals surface area contributed by atoms with Crippen LogP contribution in [0.2, 0.25) is 0 Å². The first-order valence-electron chi connectivity index (χ1n) is 8.34. The van der Waals surface area contributed by atoms with Gasteiger partial charge in [-0.25, -0.2) is 13.2 Å². The van der Waals surface area contributed by atoms with Gasteiger partial charge < -0.3 is 4.74 Å². The average molecular weight is 380 g/mol. The summed E-state index contributed by atoms with van der Waals surface area (Å²) in [6.07, 6.45) is 1.47. The summed E-state index contributed by atoms with van der Waals surface area (Å²) < 4.78 is 32.7. The first kappa shape index (κ1) is 18.1. The van der Waals surface area contributed by atoms with Gasteiger partial charge in [-0.2, -0.15) is 4.31 Å². The maximum atomic E-state index is 13.1. The van der Waals surface area contributed by atoms with Crippen molar-refractivity contribution in [3.63, 3.8) is 0 Å². The highest BCUT2D eigenvalue weighted by Crippen LogP contribution is 2.38. The van der Waals surface area contributed by atoms with Crippen LogP contribution in [0.4, 0.5) is 0 Å². The first-order chi connectivity index (χ1) is 12.0. The molecular formula is C18H21NO4S2. The molecule has 0 radical (unpaired) electrons. The molecule has 134 valence electrons. The lowest BCUT2D eigenvalue weighted by atomic mass is 10.0. The number of hydrogen-bond donors (Lipinski definition) is 0. The van der Waals surface area contributed by atoms with E-state index >= 15 is 0 Å². The fraction of sp³-hybridized carbons (Fsp3) is 0.389. The van der Waals surface area contributed by atoms with Gasteiger partial charge in [0.15, 0.2) is 0 Å². The second-order valence-electron chi connectivity index (χ2n) is 5.83. The second kappa shape index (κ2) is 7.27. The summed E-state index contributed by atoms with van der Waals surface area (Å²) in [4.78, 5) is 13.2. The first-order valence-corrected chi connectivity index (χ1v) is 10.7. The van der Waals surface area contributed by atoms with Crippen LogP contribution in [-0.2, 0) is 21.2 Å². The van der Waals surface area contributed by atoms with Crippen molar-refractivity contribution in [1.82, 2.24) is 4.31 Å². The summed E-state index contributed by atoms with van der Waals surface area (Å²) in [6, 6.07) is 7.87. The van der Waals surface area contributed by atoms with Gasteiger partial charge >= 0.3 is 5.97 Å². The number of sulfonamides is 1. The summed E-state index contributed by atoms with van der Waals surface area (Å²) in [5.74, 6) is -0.446. The summed E-state index contributed by atoms with van der Waals surface area (Å²) in [5, 5.41) is 2.03. The lowest BCUT2D eigenvalue weighted by molar-refractivity contribution is 0.0526. The van der Waals surface area contributed by atoms with Crippen molar-refractivity contribution >= 4 is 27.3 Å². The van der Waals surface area contributed by atoms with Crippen molar-refractivity contribution in [3.05, 3.63) is 51.7 Å². The molecule has 2 heterocycles. The molecular weight excluding hydrogens is 358 g/mol. The average Bonchev–Trinajstić information content (AvgIpc) is 3.10. The Hall–Kier alpha value is -1.70. The van der Waals surface area contributed by atoms with Crippen molar-refractivity contribution in [2.75, 3.05) is 13.2 Å². The summed E-state index contributed by atoms with van der Waals surface area (Å²) in [7, 11) is -3.61. The Morgan fingerprint density at radius 1 is 1.24 bits per heavy atom. The number of carbonyl (C=O) groups excluding carboxylic acids is 1. The quantitative estimate of drug-likeness (QED) is 0.744. The number of nitrogens with zero attached hydrogens (tertiary/aromatic N) is 1. The van der Waals surface area contributed by atoms with E-state index in [0.29, 0.717) is 12.1 Å². The third-order valence-corrected chi connectivity index (χ3v) is 7.32. The molecule has 1 aromatic carbocycles. The molecule has 0 fully saturated rings. The van der Waals surface area contributed by atoms with Crippen molar-refractivity contribution in [2.45, 2.75) is 37.6 Å². The van der Waals surface area contributed by atoms with Crippen molar-refractivity contribution in [1.29, 1.82) is 0 Å². The maximum Gasteiger partial charge on any atom is 0.338 e. The van der Waals surface area contributed by atoms with E-state index in [2.05, 4.69) is 0 Å². The van der Waals surface area contributed by atoms with Crippen LogP contribution in [0.25, 0.3) is 0 Å². The molecule has 0 amide bonds. The van der Waals surface area contributed by atoms with Crippen LogP contribution in [0.15, 0.2) is 40.6 Å². The van der Waals surface area contributed by atoms with Crippen molar-refractivity contribution in [3.8, 4) is 0 Å². The van der Waals surface area contributed by atoms with Gasteiger partial charge in [0, 0.05) is 11.4 Å². The van der Waals surface area contributed by atoms with Crippen LogP contribution in [0, 0.1) is 0 Å². The zero-order valence-corrected chi connectivity index (χ0v) is 15.9. The van der Waals surface area contributed by atoms with E-state index in [1.807, 2.05) is 18.4 Å². The molecule has 0 spiro atoms. The summed E-state index contributed by atoms with van der Waals surface area (Å²) in [5.41, 5.74) is 1.47. The molecule has 5 nitrogen and oxygen atoms in total. The summed E-state index contributed by atoms with van der Waals surface area (Å²) >= 11 is 1.69.